The van der Waals surface area contributed by atoms with Crippen LogP contribution in [-0.4, -0.2) is 101 Å². The minimum Gasteiger partial charge on any atom is -0.481 e. The number of esters is 2. The fraction of sp³-hybridized carbons (Fsp3) is 0.870. The minimum atomic E-state index is -0.864. The molecule has 11 nitrogen and oxygen atoms in total. The largest absolute Gasteiger partial charge is 0.481 e. The van der Waals surface area contributed by atoms with Crippen molar-refractivity contribution >= 4 is 17.9 Å². The van der Waals surface area contributed by atoms with Gasteiger partial charge < -0.3 is 38.3 Å². The zero-order valence-electron chi connectivity index (χ0n) is 20.8. The molecule has 0 saturated carbocycles. The SMILES string of the molecule is CC(C)(C)OC(=O)CCOCCOCCOCCOCCOCCOC(=O)CCCCC(=O)O. The van der Waals surface area contributed by atoms with Gasteiger partial charge in [-0.1, -0.05) is 0 Å². The molecule has 0 unspecified atom stereocenters. The van der Waals surface area contributed by atoms with Gasteiger partial charge in [-0.3, -0.25) is 14.4 Å². The normalized spacial score (nSPS) is 11.4. The van der Waals surface area contributed by atoms with Crippen molar-refractivity contribution < 1.29 is 52.6 Å². The number of carboxylic acids is 1. The van der Waals surface area contributed by atoms with Gasteiger partial charge in [0.2, 0.25) is 0 Å². The predicted octanol–water partition coefficient (Wildman–Crippen LogP) is 1.99. The molecule has 0 bridgehead atoms. The Bertz CT molecular complexity index is 531. The molecule has 0 fully saturated rings. The maximum atomic E-state index is 11.5. The van der Waals surface area contributed by atoms with Gasteiger partial charge in [0.15, 0.2) is 0 Å². The van der Waals surface area contributed by atoms with Crippen LogP contribution in [0.5, 0.6) is 0 Å². The van der Waals surface area contributed by atoms with Crippen LogP contribution < -0.4 is 0 Å². The monoisotopic (exact) mass is 494 g/mol. The Morgan fingerprint density at radius 1 is 0.559 bits per heavy atom. The zero-order valence-corrected chi connectivity index (χ0v) is 20.8. The number of hydrogen-bond acceptors (Lipinski definition) is 10. The van der Waals surface area contributed by atoms with Crippen molar-refractivity contribution in [3.63, 3.8) is 0 Å². The quantitative estimate of drug-likeness (QED) is 0.165. The molecule has 0 aromatic heterocycles. The molecule has 1 N–H and O–H groups in total. The van der Waals surface area contributed by atoms with Gasteiger partial charge >= 0.3 is 17.9 Å². The molecule has 0 heterocycles. The summed E-state index contributed by atoms with van der Waals surface area (Å²) in [7, 11) is 0. The molecule has 0 atom stereocenters. The van der Waals surface area contributed by atoms with E-state index in [9.17, 15) is 14.4 Å². The van der Waals surface area contributed by atoms with Gasteiger partial charge in [0.25, 0.3) is 0 Å². The lowest BCUT2D eigenvalue weighted by atomic mass is 10.2. The van der Waals surface area contributed by atoms with E-state index >= 15 is 0 Å². The van der Waals surface area contributed by atoms with E-state index in [2.05, 4.69) is 0 Å². The van der Waals surface area contributed by atoms with Crippen molar-refractivity contribution in [3.8, 4) is 0 Å². The van der Waals surface area contributed by atoms with Crippen LogP contribution >= 0.6 is 0 Å². The van der Waals surface area contributed by atoms with E-state index in [1.54, 1.807) is 0 Å². The van der Waals surface area contributed by atoms with E-state index in [1.807, 2.05) is 20.8 Å². The molecule has 0 aliphatic rings. The smallest absolute Gasteiger partial charge is 0.308 e. The molecule has 0 amide bonds. The molecule has 0 aliphatic heterocycles. The number of aliphatic carboxylic acids is 1. The van der Waals surface area contributed by atoms with Gasteiger partial charge in [0, 0.05) is 12.8 Å². The van der Waals surface area contributed by atoms with Crippen LogP contribution in [0.25, 0.3) is 0 Å². The fourth-order valence-corrected chi connectivity index (χ4v) is 2.36. The predicted molar refractivity (Wildman–Crippen MR) is 122 cm³/mol. The van der Waals surface area contributed by atoms with Crippen molar-refractivity contribution in [2.24, 2.45) is 0 Å². The van der Waals surface area contributed by atoms with Gasteiger partial charge in [-0.2, -0.15) is 0 Å². The maximum Gasteiger partial charge on any atom is 0.308 e. The summed E-state index contributed by atoms with van der Waals surface area (Å²) in [6, 6.07) is 0. The van der Waals surface area contributed by atoms with Crippen LogP contribution in [0.3, 0.4) is 0 Å². The third-order valence-electron chi connectivity index (χ3n) is 3.87. The van der Waals surface area contributed by atoms with Gasteiger partial charge in [-0.15, -0.1) is 0 Å². The van der Waals surface area contributed by atoms with Crippen molar-refractivity contribution in [1.29, 1.82) is 0 Å². The fourth-order valence-electron chi connectivity index (χ4n) is 2.36. The first-order chi connectivity index (χ1) is 16.2. The molecule has 0 spiro atoms. The summed E-state index contributed by atoms with van der Waals surface area (Å²) in [5, 5.41) is 8.51. The minimum absolute atomic E-state index is 0.0601. The lowest BCUT2D eigenvalue weighted by Crippen LogP contribution is -2.24. The molecule has 200 valence electrons. The third kappa shape index (κ3) is 26.5. The molecule has 11 heteroatoms. The molecule has 0 radical (unpaired) electrons. The summed E-state index contributed by atoms with van der Waals surface area (Å²) >= 11 is 0. The molecule has 0 rings (SSSR count). The topological polar surface area (TPSA) is 136 Å². The number of ether oxygens (including phenoxy) is 7. The average Bonchev–Trinajstić information content (AvgIpc) is 2.74. The summed E-state index contributed by atoms with van der Waals surface area (Å²) in [4.78, 5) is 33.3. The number of carboxylic acid groups (broad SMARTS) is 1. The lowest BCUT2D eigenvalue weighted by molar-refractivity contribution is -0.156. The Kier molecular flexibility index (Phi) is 20.6. The van der Waals surface area contributed by atoms with Crippen LogP contribution in [0.1, 0.15) is 52.9 Å². The summed E-state index contributed by atoms with van der Waals surface area (Å²) < 4.78 is 36.9. The van der Waals surface area contributed by atoms with Crippen molar-refractivity contribution in [1.82, 2.24) is 0 Å². The number of hydrogen-bond donors (Lipinski definition) is 1. The highest BCUT2D eigenvalue weighted by Gasteiger charge is 2.15. The second-order valence-electron chi connectivity index (χ2n) is 8.22. The molecular formula is C23H42O11. The number of carbonyl (C=O) groups is 3. The second kappa shape index (κ2) is 21.7. The van der Waals surface area contributed by atoms with Crippen molar-refractivity contribution in [2.75, 3.05) is 72.7 Å². The molecule has 34 heavy (non-hydrogen) atoms. The molecule has 0 aromatic carbocycles. The Balaban J connectivity index is 3.21. The summed E-state index contributed by atoms with van der Waals surface area (Å²) in [5.41, 5.74) is -0.481. The second-order valence-corrected chi connectivity index (χ2v) is 8.22. The van der Waals surface area contributed by atoms with Crippen LogP contribution in [0.2, 0.25) is 0 Å². The number of unbranched alkanes of at least 4 members (excludes halogenated alkanes) is 1. The lowest BCUT2D eigenvalue weighted by Gasteiger charge is -2.19. The highest BCUT2D eigenvalue weighted by Crippen LogP contribution is 2.08. The standard InChI is InChI=1S/C23H42O11/c1-23(2,3)34-22(27)8-9-28-10-11-29-12-13-30-14-15-31-16-17-32-18-19-33-21(26)7-5-4-6-20(24)25/h4-19H2,1-3H3,(H,24,25). The van der Waals surface area contributed by atoms with Gasteiger partial charge in [-0.25, -0.2) is 0 Å². The summed E-state index contributed by atoms with van der Waals surface area (Å²) in [6.07, 6.45) is 1.45. The van der Waals surface area contributed by atoms with E-state index in [0.717, 1.165) is 0 Å². The van der Waals surface area contributed by atoms with Crippen LogP contribution in [0.15, 0.2) is 0 Å². The van der Waals surface area contributed by atoms with Crippen molar-refractivity contribution in [2.45, 2.75) is 58.5 Å². The Labute approximate surface area is 202 Å². The van der Waals surface area contributed by atoms with Crippen molar-refractivity contribution in [3.05, 3.63) is 0 Å². The Hall–Kier alpha value is -1.79. The van der Waals surface area contributed by atoms with E-state index in [1.165, 1.54) is 0 Å². The number of rotatable bonds is 23. The van der Waals surface area contributed by atoms with E-state index in [4.69, 9.17) is 38.3 Å². The number of carbonyl (C=O) groups excluding carboxylic acids is 2. The average molecular weight is 495 g/mol. The zero-order chi connectivity index (χ0) is 25.5. The summed E-state index contributed by atoms with van der Waals surface area (Å²) in [5.74, 6) is -1.49. The molecule has 0 saturated heterocycles. The highest BCUT2D eigenvalue weighted by molar-refractivity contribution is 5.70. The van der Waals surface area contributed by atoms with Crippen LogP contribution in [0, 0.1) is 0 Å². The first kappa shape index (κ1) is 32.2. The van der Waals surface area contributed by atoms with Crippen LogP contribution in [-0.2, 0) is 47.5 Å². The first-order valence-electron chi connectivity index (χ1n) is 11.7. The van der Waals surface area contributed by atoms with E-state index in [0.29, 0.717) is 72.3 Å². The molecule has 0 aliphatic carbocycles. The van der Waals surface area contributed by atoms with Crippen LogP contribution in [0.4, 0.5) is 0 Å². The molecular weight excluding hydrogens is 452 g/mol. The Morgan fingerprint density at radius 3 is 1.41 bits per heavy atom. The van der Waals surface area contributed by atoms with E-state index < -0.39 is 11.6 Å². The maximum absolute atomic E-state index is 11.5. The van der Waals surface area contributed by atoms with Gasteiger partial charge in [0.05, 0.1) is 72.5 Å². The third-order valence-corrected chi connectivity index (χ3v) is 3.87. The molecule has 0 aromatic rings. The first-order valence-corrected chi connectivity index (χ1v) is 11.7. The van der Waals surface area contributed by atoms with Gasteiger partial charge in [0.1, 0.15) is 12.2 Å². The van der Waals surface area contributed by atoms with Gasteiger partial charge in [-0.05, 0) is 33.6 Å². The van der Waals surface area contributed by atoms with E-state index in [-0.39, 0.29) is 44.4 Å². The summed E-state index contributed by atoms with van der Waals surface area (Å²) in [6.45, 7) is 9.59. The highest BCUT2D eigenvalue weighted by atomic mass is 16.6. The Morgan fingerprint density at radius 2 is 0.971 bits per heavy atom.